The predicted octanol–water partition coefficient (Wildman–Crippen LogP) is 2.12. The van der Waals surface area contributed by atoms with Gasteiger partial charge in [0.15, 0.2) is 0 Å². The lowest BCUT2D eigenvalue weighted by molar-refractivity contribution is -0.140. The summed E-state index contributed by atoms with van der Waals surface area (Å²) < 4.78 is 0. The van der Waals surface area contributed by atoms with Gasteiger partial charge in [0, 0.05) is 37.7 Å². The van der Waals surface area contributed by atoms with Gasteiger partial charge in [0.25, 0.3) is 5.91 Å². The van der Waals surface area contributed by atoms with Gasteiger partial charge in [0.2, 0.25) is 17.7 Å². The number of rotatable bonds is 3. The van der Waals surface area contributed by atoms with Crippen molar-refractivity contribution >= 4 is 29.3 Å². The number of piperazine rings is 1. The molecule has 5 rings (SSSR count). The van der Waals surface area contributed by atoms with E-state index >= 15 is 0 Å². The van der Waals surface area contributed by atoms with Crippen molar-refractivity contribution in [2.75, 3.05) is 31.2 Å². The number of hydrogen-bond donors (Lipinski definition) is 1. The quantitative estimate of drug-likeness (QED) is 0.715. The second-order valence-electron chi connectivity index (χ2n) is 9.45. The molecular formula is C25H30N4O4. The van der Waals surface area contributed by atoms with Crippen LogP contribution in [0.2, 0.25) is 0 Å². The molecule has 3 fully saturated rings. The van der Waals surface area contributed by atoms with Gasteiger partial charge < -0.3 is 9.80 Å². The molecule has 1 saturated carbocycles. The first-order valence-electron chi connectivity index (χ1n) is 12.0. The largest absolute Gasteiger partial charge is 0.339 e. The van der Waals surface area contributed by atoms with Crippen LogP contribution in [-0.2, 0) is 14.4 Å². The van der Waals surface area contributed by atoms with Crippen molar-refractivity contribution < 1.29 is 19.2 Å². The van der Waals surface area contributed by atoms with Crippen LogP contribution in [0.5, 0.6) is 0 Å². The molecule has 1 N–H and O–H groups in total. The van der Waals surface area contributed by atoms with E-state index in [1.807, 2.05) is 17.1 Å². The summed E-state index contributed by atoms with van der Waals surface area (Å²) in [6.45, 7) is 2.10. The Kier molecular flexibility index (Phi) is 5.91. The summed E-state index contributed by atoms with van der Waals surface area (Å²) in [4.78, 5) is 55.1. The lowest BCUT2D eigenvalue weighted by Crippen LogP contribution is -2.59. The topological polar surface area (TPSA) is 90.0 Å². The molecule has 2 atom stereocenters. The molecule has 8 heteroatoms. The van der Waals surface area contributed by atoms with Crippen LogP contribution in [0.25, 0.3) is 0 Å². The summed E-state index contributed by atoms with van der Waals surface area (Å²) in [6.07, 6.45) is 9.24. The van der Waals surface area contributed by atoms with Crippen LogP contribution >= 0.6 is 0 Å². The summed E-state index contributed by atoms with van der Waals surface area (Å²) in [5.41, 5.74) is 3.67. The van der Waals surface area contributed by atoms with E-state index in [0.717, 1.165) is 25.7 Å². The molecule has 174 valence electrons. The third-order valence-electron chi connectivity index (χ3n) is 7.46. The summed E-state index contributed by atoms with van der Waals surface area (Å²) >= 11 is 0. The van der Waals surface area contributed by atoms with E-state index in [1.54, 1.807) is 29.2 Å². The molecule has 0 bridgehead atoms. The van der Waals surface area contributed by atoms with Crippen molar-refractivity contribution in [3.8, 4) is 0 Å². The third-order valence-corrected chi connectivity index (χ3v) is 7.46. The molecular weight excluding hydrogens is 420 g/mol. The standard InChI is InChI=1S/C25H30N4O4/c30-22-20-10-3-4-11-21(20)25(33)29(26-22)19-9-5-8-18(16-19)24(32)28-14-12-27(13-15-28)23(31)17-6-1-2-7-17/h3-5,8-9,16-17,20-21H,1-2,6-7,10-15H2,(H,26,30). The minimum Gasteiger partial charge on any atom is -0.339 e. The molecule has 4 amide bonds. The van der Waals surface area contributed by atoms with Gasteiger partial charge in [-0.2, -0.15) is 0 Å². The molecule has 2 saturated heterocycles. The molecule has 1 aromatic carbocycles. The average molecular weight is 451 g/mol. The molecule has 0 spiro atoms. The minimum atomic E-state index is -0.367. The van der Waals surface area contributed by atoms with Crippen molar-refractivity contribution in [1.29, 1.82) is 0 Å². The van der Waals surface area contributed by atoms with Crippen molar-refractivity contribution in [2.45, 2.75) is 38.5 Å². The van der Waals surface area contributed by atoms with Crippen LogP contribution in [0.1, 0.15) is 48.9 Å². The maximum Gasteiger partial charge on any atom is 0.254 e. The Morgan fingerprint density at radius 1 is 0.879 bits per heavy atom. The minimum absolute atomic E-state index is 0.126. The van der Waals surface area contributed by atoms with Crippen LogP contribution < -0.4 is 10.4 Å². The normalized spacial score (nSPS) is 25.8. The van der Waals surface area contributed by atoms with Crippen LogP contribution in [0, 0.1) is 17.8 Å². The van der Waals surface area contributed by atoms with Crippen LogP contribution in [0.4, 0.5) is 5.69 Å². The van der Waals surface area contributed by atoms with E-state index in [-0.39, 0.29) is 41.4 Å². The molecule has 8 nitrogen and oxygen atoms in total. The zero-order valence-electron chi connectivity index (χ0n) is 18.7. The Balaban J connectivity index is 1.25. The van der Waals surface area contributed by atoms with Gasteiger partial charge in [-0.15, -0.1) is 0 Å². The molecule has 0 aromatic heterocycles. The summed E-state index contributed by atoms with van der Waals surface area (Å²) in [5, 5.41) is 1.29. The van der Waals surface area contributed by atoms with Gasteiger partial charge in [-0.25, -0.2) is 5.01 Å². The zero-order chi connectivity index (χ0) is 22.9. The van der Waals surface area contributed by atoms with Crippen molar-refractivity contribution in [3.05, 3.63) is 42.0 Å². The van der Waals surface area contributed by atoms with E-state index in [4.69, 9.17) is 0 Å². The molecule has 2 aliphatic heterocycles. The van der Waals surface area contributed by atoms with Gasteiger partial charge in [-0.1, -0.05) is 31.1 Å². The predicted molar refractivity (Wildman–Crippen MR) is 122 cm³/mol. The summed E-state index contributed by atoms with van der Waals surface area (Å²) in [5.74, 6) is -0.743. The Labute approximate surface area is 193 Å². The number of benzene rings is 1. The number of amides is 4. The lowest BCUT2D eigenvalue weighted by Gasteiger charge is -2.38. The van der Waals surface area contributed by atoms with Crippen molar-refractivity contribution in [3.63, 3.8) is 0 Å². The maximum atomic E-state index is 13.2. The average Bonchev–Trinajstić information content (AvgIpc) is 3.41. The second kappa shape index (κ2) is 9.00. The van der Waals surface area contributed by atoms with E-state index < -0.39 is 0 Å². The molecule has 33 heavy (non-hydrogen) atoms. The van der Waals surface area contributed by atoms with Crippen LogP contribution in [0.15, 0.2) is 36.4 Å². The van der Waals surface area contributed by atoms with E-state index in [1.165, 1.54) is 5.01 Å². The molecule has 2 aliphatic carbocycles. The molecule has 0 radical (unpaired) electrons. The van der Waals surface area contributed by atoms with Crippen LogP contribution in [0.3, 0.4) is 0 Å². The lowest BCUT2D eigenvalue weighted by atomic mass is 9.80. The number of anilines is 1. The highest BCUT2D eigenvalue weighted by Gasteiger charge is 2.42. The number of hydrazine groups is 1. The smallest absolute Gasteiger partial charge is 0.254 e. The monoisotopic (exact) mass is 450 g/mol. The van der Waals surface area contributed by atoms with Gasteiger partial charge in [-0.3, -0.25) is 24.6 Å². The summed E-state index contributed by atoms with van der Waals surface area (Å²) in [6, 6.07) is 6.85. The number of allylic oxidation sites excluding steroid dienone is 2. The molecule has 1 aromatic rings. The highest BCUT2D eigenvalue weighted by molar-refractivity contribution is 6.05. The first kappa shape index (κ1) is 21.7. The van der Waals surface area contributed by atoms with Crippen molar-refractivity contribution in [2.24, 2.45) is 17.8 Å². The molecule has 2 heterocycles. The second-order valence-corrected chi connectivity index (χ2v) is 9.45. The van der Waals surface area contributed by atoms with Crippen molar-refractivity contribution in [1.82, 2.24) is 15.2 Å². The summed E-state index contributed by atoms with van der Waals surface area (Å²) in [7, 11) is 0. The first-order chi connectivity index (χ1) is 16.0. The molecule has 4 aliphatic rings. The number of nitrogens with zero attached hydrogens (tertiary/aromatic N) is 3. The molecule has 2 unspecified atom stereocenters. The Morgan fingerprint density at radius 3 is 2.27 bits per heavy atom. The first-order valence-corrected chi connectivity index (χ1v) is 12.0. The van der Waals surface area contributed by atoms with Gasteiger partial charge in [-0.05, 0) is 43.9 Å². The van der Waals surface area contributed by atoms with E-state index in [9.17, 15) is 19.2 Å². The Morgan fingerprint density at radius 2 is 1.55 bits per heavy atom. The maximum absolute atomic E-state index is 13.2. The van der Waals surface area contributed by atoms with E-state index in [0.29, 0.717) is 50.3 Å². The number of nitrogens with one attached hydrogen (secondary N) is 1. The Hall–Kier alpha value is -3.16. The fraction of sp³-hybridized carbons (Fsp3) is 0.520. The van der Waals surface area contributed by atoms with Crippen LogP contribution in [-0.4, -0.2) is 59.6 Å². The highest BCUT2D eigenvalue weighted by atomic mass is 16.2. The highest BCUT2D eigenvalue weighted by Crippen LogP contribution is 2.32. The Bertz CT molecular complexity index is 992. The van der Waals surface area contributed by atoms with Gasteiger partial charge >= 0.3 is 0 Å². The zero-order valence-corrected chi connectivity index (χ0v) is 18.7. The van der Waals surface area contributed by atoms with Gasteiger partial charge in [0.1, 0.15) is 0 Å². The number of carbonyl (C=O) groups is 4. The van der Waals surface area contributed by atoms with E-state index in [2.05, 4.69) is 5.43 Å². The number of carbonyl (C=O) groups excluding carboxylic acids is 4. The fourth-order valence-corrected chi connectivity index (χ4v) is 5.50. The SMILES string of the molecule is O=C1NN(c2cccc(C(=O)N3CCN(C(=O)C4CCCC4)CC3)c2)C(=O)C2CC=CCC12. The number of hydrogen-bond acceptors (Lipinski definition) is 4. The third kappa shape index (κ3) is 4.14. The van der Waals surface area contributed by atoms with Gasteiger partial charge in [0.05, 0.1) is 17.5 Å². The fourth-order valence-electron chi connectivity index (χ4n) is 5.50. The number of fused-ring (bicyclic) bond motifs is 1.